The van der Waals surface area contributed by atoms with Crippen molar-refractivity contribution < 1.29 is 14.7 Å². The zero-order valence-electron chi connectivity index (χ0n) is 16.1. The highest BCUT2D eigenvalue weighted by molar-refractivity contribution is 5.99. The molecule has 1 atom stereocenters. The average Bonchev–Trinajstić information content (AvgIpc) is 3.32. The van der Waals surface area contributed by atoms with Gasteiger partial charge in [-0.25, -0.2) is 0 Å². The molecule has 4 rings (SSSR count). The van der Waals surface area contributed by atoms with Gasteiger partial charge in [0.05, 0.1) is 6.10 Å². The third-order valence-corrected chi connectivity index (χ3v) is 6.67. The van der Waals surface area contributed by atoms with Gasteiger partial charge in [-0.15, -0.1) is 0 Å². The van der Waals surface area contributed by atoms with Crippen molar-refractivity contribution in [2.75, 3.05) is 13.1 Å². The molecular formula is C20H30N4O3. The SMILES string of the molecule is CCn1ccc(C(=O)N2CCCC23CCCN(C2CCC(O)CC2)C3=O)n1. The lowest BCUT2D eigenvalue weighted by Gasteiger charge is -2.48. The fourth-order valence-corrected chi connectivity index (χ4v) is 5.18. The van der Waals surface area contributed by atoms with Crippen LogP contribution >= 0.6 is 0 Å². The van der Waals surface area contributed by atoms with E-state index in [0.717, 1.165) is 64.5 Å². The second kappa shape index (κ2) is 7.26. The van der Waals surface area contributed by atoms with Crippen molar-refractivity contribution in [3.8, 4) is 0 Å². The number of aryl methyl sites for hydroxylation is 1. The summed E-state index contributed by atoms with van der Waals surface area (Å²) < 4.78 is 1.75. The van der Waals surface area contributed by atoms with Crippen LogP contribution in [0.2, 0.25) is 0 Å². The molecular weight excluding hydrogens is 344 g/mol. The van der Waals surface area contributed by atoms with Crippen molar-refractivity contribution in [2.24, 2.45) is 0 Å². The fourth-order valence-electron chi connectivity index (χ4n) is 5.18. The number of aliphatic hydroxyl groups excluding tert-OH is 1. The summed E-state index contributed by atoms with van der Waals surface area (Å²) in [7, 11) is 0. The first-order valence-corrected chi connectivity index (χ1v) is 10.4. The van der Waals surface area contributed by atoms with E-state index in [-0.39, 0.29) is 24.0 Å². The van der Waals surface area contributed by atoms with Gasteiger partial charge in [0.15, 0.2) is 0 Å². The number of aliphatic hydroxyl groups is 1. The second-order valence-corrected chi connectivity index (χ2v) is 8.21. The number of amides is 2. The molecule has 0 aromatic carbocycles. The van der Waals surface area contributed by atoms with Gasteiger partial charge in [0, 0.05) is 31.9 Å². The molecule has 0 bridgehead atoms. The van der Waals surface area contributed by atoms with Crippen molar-refractivity contribution >= 4 is 11.8 Å². The Morgan fingerprint density at radius 3 is 2.59 bits per heavy atom. The monoisotopic (exact) mass is 374 g/mol. The van der Waals surface area contributed by atoms with Crippen LogP contribution in [0.1, 0.15) is 68.8 Å². The maximum atomic E-state index is 13.6. The van der Waals surface area contributed by atoms with Gasteiger partial charge in [0.1, 0.15) is 11.2 Å². The molecule has 27 heavy (non-hydrogen) atoms. The molecule has 2 saturated heterocycles. The third-order valence-electron chi connectivity index (χ3n) is 6.67. The van der Waals surface area contributed by atoms with Crippen molar-refractivity contribution in [1.82, 2.24) is 19.6 Å². The van der Waals surface area contributed by atoms with Gasteiger partial charge in [-0.1, -0.05) is 0 Å². The van der Waals surface area contributed by atoms with Crippen LogP contribution in [0.5, 0.6) is 0 Å². The van der Waals surface area contributed by atoms with Crippen LogP contribution in [0.15, 0.2) is 12.3 Å². The topological polar surface area (TPSA) is 78.7 Å². The summed E-state index contributed by atoms with van der Waals surface area (Å²) in [5.41, 5.74) is -0.259. The minimum absolute atomic E-state index is 0.117. The maximum absolute atomic E-state index is 13.6. The first-order chi connectivity index (χ1) is 13.0. The Labute approximate surface area is 160 Å². The number of aromatic nitrogens is 2. The van der Waals surface area contributed by atoms with Gasteiger partial charge >= 0.3 is 0 Å². The van der Waals surface area contributed by atoms with Gasteiger partial charge in [-0.05, 0) is 64.4 Å². The molecule has 1 aromatic rings. The molecule has 1 N–H and O–H groups in total. The Hall–Kier alpha value is -1.89. The number of hydrogen-bond donors (Lipinski definition) is 1. The third kappa shape index (κ3) is 3.16. The number of likely N-dealkylation sites (tertiary alicyclic amines) is 2. The Morgan fingerprint density at radius 1 is 1.22 bits per heavy atom. The normalized spacial score (nSPS) is 31.7. The number of carbonyl (C=O) groups excluding carboxylic acids is 2. The largest absolute Gasteiger partial charge is 0.393 e. The molecule has 1 spiro atoms. The van der Waals surface area contributed by atoms with E-state index in [1.165, 1.54) is 0 Å². The average molecular weight is 374 g/mol. The summed E-state index contributed by atoms with van der Waals surface area (Å²) in [4.78, 5) is 30.6. The summed E-state index contributed by atoms with van der Waals surface area (Å²) in [6, 6.07) is 1.96. The fraction of sp³-hybridized carbons (Fsp3) is 0.750. The van der Waals surface area contributed by atoms with Crippen molar-refractivity contribution in [3.63, 3.8) is 0 Å². The van der Waals surface area contributed by atoms with E-state index in [0.29, 0.717) is 12.2 Å². The Morgan fingerprint density at radius 2 is 1.93 bits per heavy atom. The molecule has 1 aromatic heterocycles. The van der Waals surface area contributed by atoms with Crippen LogP contribution in [-0.2, 0) is 11.3 Å². The summed E-state index contributed by atoms with van der Waals surface area (Å²) in [6.45, 7) is 4.11. The highest BCUT2D eigenvalue weighted by atomic mass is 16.3. The van der Waals surface area contributed by atoms with Crippen LogP contribution in [-0.4, -0.2) is 67.3 Å². The standard InChI is InChI=1S/C20H30N4O3/c1-2-22-14-9-17(21-22)18(26)24-13-4-11-20(24)10-3-12-23(19(20)27)15-5-7-16(25)8-6-15/h9,14-16,25H,2-8,10-13H2,1H3. The van der Waals surface area contributed by atoms with Gasteiger partial charge in [0.2, 0.25) is 5.91 Å². The lowest BCUT2D eigenvalue weighted by atomic mass is 9.82. The molecule has 2 aliphatic heterocycles. The predicted molar refractivity (Wildman–Crippen MR) is 100 cm³/mol. The highest BCUT2D eigenvalue weighted by Gasteiger charge is 2.54. The van der Waals surface area contributed by atoms with E-state index in [4.69, 9.17) is 0 Å². The summed E-state index contributed by atoms with van der Waals surface area (Å²) >= 11 is 0. The van der Waals surface area contributed by atoms with Crippen LogP contribution in [0.4, 0.5) is 0 Å². The molecule has 7 heteroatoms. The minimum Gasteiger partial charge on any atom is -0.393 e. The summed E-state index contributed by atoms with van der Waals surface area (Å²) in [5.74, 6) is 0.00452. The number of rotatable bonds is 3. The first kappa shape index (κ1) is 18.5. The molecule has 2 amide bonds. The van der Waals surface area contributed by atoms with Crippen LogP contribution in [0.3, 0.4) is 0 Å². The molecule has 3 heterocycles. The smallest absolute Gasteiger partial charge is 0.275 e. The Balaban J connectivity index is 1.56. The van der Waals surface area contributed by atoms with Gasteiger partial charge in [0.25, 0.3) is 5.91 Å². The zero-order chi connectivity index (χ0) is 19.0. The van der Waals surface area contributed by atoms with Gasteiger partial charge in [-0.2, -0.15) is 5.10 Å². The van der Waals surface area contributed by atoms with E-state index in [1.54, 1.807) is 10.7 Å². The highest BCUT2D eigenvalue weighted by Crippen LogP contribution is 2.41. The molecule has 7 nitrogen and oxygen atoms in total. The molecule has 1 aliphatic carbocycles. The number of piperidine rings is 1. The van der Waals surface area contributed by atoms with Crippen LogP contribution in [0, 0.1) is 0 Å². The van der Waals surface area contributed by atoms with E-state index >= 15 is 0 Å². The molecule has 3 fully saturated rings. The van der Waals surface area contributed by atoms with E-state index < -0.39 is 5.54 Å². The van der Waals surface area contributed by atoms with Crippen LogP contribution < -0.4 is 0 Å². The van der Waals surface area contributed by atoms with Crippen molar-refractivity contribution in [1.29, 1.82) is 0 Å². The second-order valence-electron chi connectivity index (χ2n) is 8.21. The van der Waals surface area contributed by atoms with Gasteiger partial charge < -0.3 is 14.9 Å². The van der Waals surface area contributed by atoms with Gasteiger partial charge in [-0.3, -0.25) is 14.3 Å². The molecule has 0 radical (unpaired) electrons. The Bertz CT molecular complexity index is 710. The minimum atomic E-state index is -0.693. The van der Waals surface area contributed by atoms with E-state index in [1.807, 2.05) is 22.9 Å². The maximum Gasteiger partial charge on any atom is 0.275 e. The lowest BCUT2D eigenvalue weighted by molar-refractivity contribution is -0.149. The van der Waals surface area contributed by atoms with E-state index in [9.17, 15) is 14.7 Å². The summed E-state index contributed by atoms with van der Waals surface area (Å²) in [6.07, 6.45) is 8.12. The molecule has 3 aliphatic rings. The lowest BCUT2D eigenvalue weighted by Crippen LogP contribution is -2.63. The van der Waals surface area contributed by atoms with Crippen molar-refractivity contribution in [3.05, 3.63) is 18.0 Å². The zero-order valence-corrected chi connectivity index (χ0v) is 16.1. The molecule has 1 saturated carbocycles. The predicted octanol–water partition coefficient (Wildman–Crippen LogP) is 1.80. The number of nitrogens with zero attached hydrogens (tertiary/aromatic N) is 4. The Kier molecular flexibility index (Phi) is 4.97. The summed E-state index contributed by atoms with van der Waals surface area (Å²) in [5, 5.41) is 14.2. The number of carbonyl (C=O) groups is 2. The van der Waals surface area contributed by atoms with E-state index in [2.05, 4.69) is 5.10 Å². The quantitative estimate of drug-likeness (QED) is 0.875. The van der Waals surface area contributed by atoms with Crippen LogP contribution in [0.25, 0.3) is 0 Å². The number of hydrogen-bond acceptors (Lipinski definition) is 4. The molecule has 1 unspecified atom stereocenters. The molecule has 148 valence electrons. The first-order valence-electron chi connectivity index (χ1n) is 10.4. The van der Waals surface area contributed by atoms with Crippen molar-refractivity contribution in [2.45, 2.75) is 82.5 Å².